The molecule has 9 heteroatoms. The maximum atomic E-state index is 12.1. The third-order valence-corrected chi connectivity index (χ3v) is 5.07. The van der Waals surface area contributed by atoms with Crippen molar-refractivity contribution in [1.82, 2.24) is 20.8 Å². The minimum absolute atomic E-state index is 0.0431. The summed E-state index contributed by atoms with van der Waals surface area (Å²) >= 11 is 5.89. The highest BCUT2D eigenvalue weighted by atomic mass is 35.5. The number of aromatic nitrogens is 2. The van der Waals surface area contributed by atoms with E-state index in [-0.39, 0.29) is 37.4 Å². The highest BCUT2D eigenvalue weighted by Crippen LogP contribution is 2.30. The zero-order valence-corrected chi connectivity index (χ0v) is 17.1. The van der Waals surface area contributed by atoms with Crippen molar-refractivity contribution in [2.75, 3.05) is 19.7 Å². The summed E-state index contributed by atoms with van der Waals surface area (Å²) in [4.78, 5) is 28.2. The molecule has 0 bridgehead atoms. The molecule has 1 fully saturated rings. The third kappa shape index (κ3) is 6.19. The van der Waals surface area contributed by atoms with Crippen LogP contribution in [0.1, 0.15) is 60.1 Å². The van der Waals surface area contributed by atoms with Crippen LogP contribution in [0.15, 0.2) is 22.7 Å². The first-order chi connectivity index (χ1) is 14.0. The summed E-state index contributed by atoms with van der Waals surface area (Å²) < 4.78 is 10.5. The van der Waals surface area contributed by atoms with Crippen LogP contribution in [0.3, 0.4) is 0 Å². The Bertz CT molecular complexity index is 849. The molecule has 1 aromatic carbocycles. The van der Waals surface area contributed by atoms with Gasteiger partial charge in [0.1, 0.15) is 5.75 Å². The number of nitrogens with zero attached hydrogens (tertiary/aromatic N) is 2. The molecule has 0 atom stereocenters. The predicted molar refractivity (Wildman–Crippen MR) is 107 cm³/mol. The fraction of sp³-hybridized carbons (Fsp3) is 0.500. The van der Waals surface area contributed by atoms with E-state index >= 15 is 0 Å². The molecular weight excluding hydrogens is 396 g/mol. The van der Waals surface area contributed by atoms with Crippen molar-refractivity contribution < 1.29 is 18.8 Å². The zero-order valence-electron chi connectivity index (χ0n) is 16.4. The SMILES string of the molecule is Cc1cc(Cl)ccc1OCC(=O)NCCNC(=O)c1nc(C2CCCCC2)no1. The van der Waals surface area contributed by atoms with E-state index in [0.29, 0.717) is 16.6 Å². The fourth-order valence-corrected chi connectivity index (χ4v) is 3.50. The maximum absolute atomic E-state index is 12.1. The minimum Gasteiger partial charge on any atom is -0.484 e. The molecular formula is C20H25ClN4O4. The van der Waals surface area contributed by atoms with Gasteiger partial charge in [-0.1, -0.05) is 36.0 Å². The first kappa shape index (κ1) is 21.1. The maximum Gasteiger partial charge on any atom is 0.315 e. The Balaban J connectivity index is 1.35. The number of hydrogen-bond acceptors (Lipinski definition) is 6. The fourth-order valence-electron chi connectivity index (χ4n) is 3.28. The molecule has 0 spiro atoms. The third-order valence-electron chi connectivity index (χ3n) is 4.83. The Morgan fingerprint density at radius 1 is 1.21 bits per heavy atom. The van der Waals surface area contributed by atoms with E-state index in [1.165, 1.54) is 6.42 Å². The number of rotatable bonds is 8. The smallest absolute Gasteiger partial charge is 0.315 e. The van der Waals surface area contributed by atoms with Crippen molar-refractivity contribution in [3.05, 3.63) is 40.5 Å². The lowest BCUT2D eigenvalue weighted by atomic mass is 9.89. The molecule has 1 aliphatic rings. The first-order valence-electron chi connectivity index (χ1n) is 9.80. The van der Waals surface area contributed by atoms with Crippen molar-refractivity contribution >= 4 is 23.4 Å². The van der Waals surface area contributed by atoms with Gasteiger partial charge in [-0.25, -0.2) is 0 Å². The predicted octanol–water partition coefficient (Wildman–Crippen LogP) is 3.00. The molecule has 29 heavy (non-hydrogen) atoms. The van der Waals surface area contributed by atoms with Gasteiger partial charge in [0.2, 0.25) is 0 Å². The Morgan fingerprint density at radius 3 is 2.72 bits per heavy atom. The van der Waals surface area contributed by atoms with Crippen molar-refractivity contribution in [2.45, 2.75) is 44.9 Å². The number of aryl methyl sites for hydroxylation is 1. The number of carbonyl (C=O) groups is 2. The van der Waals surface area contributed by atoms with Crippen molar-refractivity contribution in [1.29, 1.82) is 0 Å². The molecule has 156 valence electrons. The summed E-state index contributed by atoms with van der Waals surface area (Å²) in [6, 6.07) is 5.19. The van der Waals surface area contributed by atoms with Gasteiger partial charge >= 0.3 is 11.8 Å². The van der Waals surface area contributed by atoms with Gasteiger partial charge in [-0.15, -0.1) is 0 Å². The second-order valence-corrected chi connectivity index (χ2v) is 7.53. The second kappa shape index (κ2) is 10.2. The van der Waals surface area contributed by atoms with Gasteiger partial charge in [-0.05, 0) is 43.5 Å². The van der Waals surface area contributed by atoms with E-state index in [9.17, 15) is 9.59 Å². The average molecular weight is 421 g/mol. The van der Waals surface area contributed by atoms with Crippen LogP contribution >= 0.6 is 11.6 Å². The Labute approximate surface area is 174 Å². The van der Waals surface area contributed by atoms with Gasteiger partial charge < -0.3 is 19.9 Å². The van der Waals surface area contributed by atoms with Crippen LogP contribution in [0, 0.1) is 6.92 Å². The van der Waals surface area contributed by atoms with E-state index in [2.05, 4.69) is 20.8 Å². The van der Waals surface area contributed by atoms with Gasteiger partial charge in [0.15, 0.2) is 12.4 Å². The average Bonchev–Trinajstić information content (AvgIpc) is 3.21. The number of halogens is 1. The van der Waals surface area contributed by atoms with E-state index in [0.717, 1.165) is 31.2 Å². The monoisotopic (exact) mass is 420 g/mol. The summed E-state index contributed by atoms with van der Waals surface area (Å²) in [6.07, 6.45) is 5.61. The molecule has 1 heterocycles. The normalized spacial score (nSPS) is 14.4. The van der Waals surface area contributed by atoms with Crippen molar-refractivity contribution in [3.63, 3.8) is 0 Å². The van der Waals surface area contributed by atoms with Crippen LogP contribution in [0.5, 0.6) is 5.75 Å². The van der Waals surface area contributed by atoms with E-state index in [1.807, 2.05) is 6.92 Å². The largest absolute Gasteiger partial charge is 0.484 e. The molecule has 3 rings (SSSR count). The van der Waals surface area contributed by atoms with Crippen LogP contribution in [-0.2, 0) is 4.79 Å². The van der Waals surface area contributed by atoms with Crippen LogP contribution in [-0.4, -0.2) is 41.7 Å². The number of ether oxygens (including phenoxy) is 1. The summed E-state index contributed by atoms with van der Waals surface area (Å²) in [6.45, 7) is 2.24. The first-order valence-corrected chi connectivity index (χ1v) is 10.2. The summed E-state index contributed by atoms with van der Waals surface area (Å²) in [5.41, 5.74) is 0.852. The zero-order chi connectivity index (χ0) is 20.6. The second-order valence-electron chi connectivity index (χ2n) is 7.10. The number of benzene rings is 1. The molecule has 1 saturated carbocycles. The van der Waals surface area contributed by atoms with Gasteiger partial charge in [0.25, 0.3) is 5.91 Å². The molecule has 2 amide bonds. The van der Waals surface area contributed by atoms with Crippen LogP contribution < -0.4 is 15.4 Å². The van der Waals surface area contributed by atoms with Gasteiger partial charge in [0, 0.05) is 24.0 Å². The Kier molecular flexibility index (Phi) is 7.46. The quantitative estimate of drug-likeness (QED) is 0.636. The van der Waals surface area contributed by atoms with E-state index < -0.39 is 5.91 Å². The molecule has 8 nitrogen and oxygen atoms in total. The Hall–Kier alpha value is -2.61. The molecule has 0 radical (unpaired) electrons. The van der Waals surface area contributed by atoms with E-state index in [1.54, 1.807) is 18.2 Å². The van der Waals surface area contributed by atoms with Crippen LogP contribution in [0.2, 0.25) is 5.02 Å². The number of nitrogens with one attached hydrogen (secondary N) is 2. The topological polar surface area (TPSA) is 106 Å². The molecule has 0 saturated heterocycles. The number of carbonyl (C=O) groups excluding carboxylic acids is 2. The van der Waals surface area contributed by atoms with Gasteiger partial charge in [-0.3, -0.25) is 9.59 Å². The van der Waals surface area contributed by atoms with Crippen molar-refractivity contribution in [3.8, 4) is 5.75 Å². The summed E-state index contributed by atoms with van der Waals surface area (Å²) in [7, 11) is 0. The lowest BCUT2D eigenvalue weighted by molar-refractivity contribution is -0.123. The highest BCUT2D eigenvalue weighted by Gasteiger charge is 2.23. The standard InChI is InChI=1S/C20H25ClN4O4/c1-13-11-15(21)7-8-16(13)28-12-17(26)22-9-10-23-19(27)20-24-18(25-29-20)14-5-3-2-4-6-14/h7-8,11,14H,2-6,9-10,12H2,1H3,(H,22,26)(H,23,27). The molecule has 1 aromatic heterocycles. The van der Waals surface area contributed by atoms with Gasteiger partial charge in [0.05, 0.1) is 0 Å². The van der Waals surface area contributed by atoms with Crippen molar-refractivity contribution in [2.24, 2.45) is 0 Å². The number of amides is 2. The molecule has 2 N–H and O–H groups in total. The highest BCUT2D eigenvalue weighted by molar-refractivity contribution is 6.30. The van der Waals surface area contributed by atoms with Crippen LogP contribution in [0.25, 0.3) is 0 Å². The van der Waals surface area contributed by atoms with E-state index in [4.69, 9.17) is 20.9 Å². The summed E-state index contributed by atoms with van der Waals surface area (Å²) in [5.74, 6) is 0.713. The van der Waals surface area contributed by atoms with Gasteiger partial charge in [-0.2, -0.15) is 4.98 Å². The number of hydrogen-bond donors (Lipinski definition) is 2. The lowest BCUT2D eigenvalue weighted by Gasteiger charge is -2.17. The molecule has 2 aromatic rings. The lowest BCUT2D eigenvalue weighted by Crippen LogP contribution is -2.36. The molecule has 0 aliphatic heterocycles. The summed E-state index contributed by atoms with van der Waals surface area (Å²) in [5, 5.41) is 9.89. The van der Waals surface area contributed by atoms with Crippen LogP contribution in [0.4, 0.5) is 0 Å². The molecule has 1 aliphatic carbocycles. The minimum atomic E-state index is -0.443. The molecule has 0 unspecified atom stereocenters. The Morgan fingerprint density at radius 2 is 1.97 bits per heavy atom.